The van der Waals surface area contributed by atoms with Crippen LogP contribution in [0.4, 0.5) is 5.69 Å². The molecule has 6 heteroatoms. The number of hydrogen-bond acceptors (Lipinski definition) is 3. The standard InChI is InChI=1S/C25H31BrN2O3/c1-25(2,3)18-12-13-22(20(26)16-18)31-17-23(29)27-21-11-7-6-10-19(21)24(30)28-14-8-4-5-9-15-28/h6-7,10-13,16H,4-5,8-9,14-15,17H2,1-3H3,(H,27,29). The SMILES string of the molecule is CC(C)(C)c1ccc(OCC(=O)Nc2ccccc2C(=O)N2CCCCCC2)c(Br)c1. The van der Waals surface area contributed by atoms with E-state index in [4.69, 9.17) is 4.74 Å². The molecule has 0 saturated carbocycles. The number of ether oxygens (including phenoxy) is 1. The number of benzene rings is 2. The van der Waals surface area contributed by atoms with Crippen molar-refractivity contribution in [2.45, 2.75) is 51.9 Å². The van der Waals surface area contributed by atoms with Crippen LogP contribution in [0.5, 0.6) is 5.75 Å². The van der Waals surface area contributed by atoms with Crippen molar-refractivity contribution in [3.05, 3.63) is 58.1 Å². The molecule has 2 amide bonds. The van der Waals surface area contributed by atoms with E-state index in [2.05, 4.69) is 42.0 Å². The molecule has 0 bridgehead atoms. The summed E-state index contributed by atoms with van der Waals surface area (Å²) >= 11 is 3.53. The Morgan fingerprint density at radius 3 is 2.35 bits per heavy atom. The van der Waals surface area contributed by atoms with Gasteiger partial charge in [0.2, 0.25) is 0 Å². The van der Waals surface area contributed by atoms with E-state index in [0.717, 1.165) is 43.2 Å². The monoisotopic (exact) mass is 486 g/mol. The number of anilines is 1. The molecule has 0 atom stereocenters. The van der Waals surface area contributed by atoms with Gasteiger partial charge < -0.3 is 15.0 Å². The van der Waals surface area contributed by atoms with Gasteiger partial charge in [-0.3, -0.25) is 9.59 Å². The van der Waals surface area contributed by atoms with Gasteiger partial charge in [0.15, 0.2) is 6.61 Å². The number of carbonyl (C=O) groups excluding carboxylic acids is 2. The lowest BCUT2D eigenvalue weighted by Crippen LogP contribution is -2.33. The Morgan fingerprint density at radius 2 is 1.71 bits per heavy atom. The molecule has 166 valence electrons. The number of halogens is 1. The van der Waals surface area contributed by atoms with Gasteiger partial charge in [0.25, 0.3) is 11.8 Å². The third kappa shape index (κ3) is 6.33. The maximum atomic E-state index is 13.0. The van der Waals surface area contributed by atoms with Crippen LogP contribution in [0.2, 0.25) is 0 Å². The zero-order valence-corrected chi connectivity index (χ0v) is 20.1. The molecule has 3 rings (SSSR count). The zero-order chi connectivity index (χ0) is 22.4. The van der Waals surface area contributed by atoms with Crippen molar-refractivity contribution in [2.24, 2.45) is 0 Å². The molecule has 0 aliphatic carbocycles. The van der Waals surface area contributed by atoms with Gasteiger partial charge in [-0.15, -0.1) is 0 Å². The molecule has 1 aliphatic heterocycles. The van der Waals surface area contributed by atoms with Crippen molar-refractivity contribution in [1.29, 1.82) is 0 Å². The predicted octanol–water partition coefficient (Wildman–Crippen LogP) is 5.78. The first-order valence-electron chi connectivity index (χ1n) is 10.9. The van der Waals surface area contributed by atoms with Gasteiger partial charge in [0, 0.05) is 13.1 Å². The fourth-order valence-corrected chi connectivity index (χ4v) is 4.13. The van der Waals surface area contributed by atoms with E-state index < -0.39 is 0 Å². The van der Waals surface area contributed by atoms with E-state index >= 15 is 0 Å². The van der Waals surface area contributed by atoms with E-state index in [9.17, 15) is 9.59 Å². The molecule has 0 radical (unpaired) electrons. The van der Waals surface area contributed by atoms with E-state index in [1.54, 1.807) is 12.1 Å². The number of nitrogens with zero attached hydrogens (tertiary/aromatic N) is 1. The molecular weight excluding hydrogens is 456 g/mol. The number of carbonyl (C=O) groups is 2. The molecule has 1 fully saturated rings. The highest BCUT2D eigenvalue weighted by Crippen LogP contribution is 2.31. The second-order valence-electron chi connectivity index (χ2n) is 8.98. The molecule has 2 aromatic carbocycles. The van der Waals surface area contributed by atoms with Crippen LogP contribution in [-0.4, -0.2) is 36.4 Å². The van der Waals surface area contributed by atoms with Gasteiger partial charge in [-0.05, 0) is 64.0 Å². The van der Waals surface area contributed by atoms with Gasteiger partial charge in [-0.2, -0.15) is 0 Å². The van der Waals surface area contributed by atoms with E-state index in [1.165, 1.54) is 5.56 Å². The van der Waals surface area contributed by atoms with Crippen LogP contribution < -0.4 is 10.1 Å². The lowest BCUT2D eigenvalue weighted by atomic mass is 9.87. The van der Waals surface area contributed by atoms with Gasteiger partial charge in [-0.1, -0.05) is 51.8 Å². The number of rotatable bonds is 5. The number of nitrogens with one attached hydrogen (secondary N) is 1. The third-order valence-corrected chi connectivity index (χ3v) is 6.10. The minimum atomic E-state index is -0.303. The highest BCUT2D eigenvalue weighted by molar-refractivity contribution is 9.10. The lowest BCUT2D eigenvalue weighted by Gasteiger charge is -2.22. The Labute approximate surface area is 193 Å². The summed E-state index contributed by atoms with van der Waals surface area (Å²) < 4.78 is 6.53. The number of para-hydroxylation sites is 1. The summed E-state index contributed by atoms with van der Waals surface area (Å²) in [6.07, 6.45) is 4.37. The van der Waals surface area contributed by atoms with Crippen LogP contribution in [0.15, 0.2) is 46.9 Å². The van der Waals surface area contributed by atoms with Crippen molar-refractivity contribution in [3.63, 3.8) is 0 Å². The Kier molecular flexibility index (Phi) is 7.76. The maximum Gasteiger partial charge on any atom is 0.262 e. The summed E-state index contributed by atoms with van der Waals surface area (Å²) in [7, 11) is 0. The van der Waals surface area contributed by atoms with Gasteiger partial charge in [0.1, 0.15) is 5.75 Å². The van der Waals surface area contributed by atoms with E-state index in [-0.39, 0.29) is 23.8 Å². The largest absolute Gasteiger partial charge is 0.483 e. The Bertz CT molecular complexity index is 929. The number of amides is 2. The maximum absolute atomic E-state index is 13.0. The van der Waals surface area contributed by atoms with Crippen LogP contribution in [0.25, 0.3) is 0 Å². The molecular formula is C25H31BrN2O3. The first kappa shape index (κ1) is 23.3. The Morgan fingerprint density at radius 1 is 1.03 bits per heavy atom. The molecule has 0 aromatic heterocycles. The first-order valence-corrected chi connectivity index (χ1v) is 11.7. The topological polar surface area (TPSA) is 58.6 Å². The summed E-state index contributed by atoms with van der Waals surface area (Å²) in [5, 5.41) is 2.84. The second-order valence-corrected chi connectivity index (χ2v) is 9.84. The summed E-state index contributed by atoms with van der Waals surface area (Å²) in [5.74, 6) is 0.277. The Hall–Kier alpha value is -2.34. The molecule has 5 nitrogen and oxygen atoms in total. The quantitative estimate of drug-likeness (QED) is 0.582. The van der Waals surface area contributed by atoms with Crippen LogP contribution in [0.3, 0.4) is 0 Å². The molecule has 0 unspecified atom stereocenters. The minimum absolute atomic E-state index is 0.0285. The summed E-state index contributed by atoms with van der Waals surface area (Å²) in [5.41, 5.74) is 2.25. The first-order chi connectivity index (χ1) is 14.8. The third-order valence-electron chi connectivity index (χ3n) is 5.48. The molecule has 2 aromatic rings. The van der Waals surface area contributed by atoms with Gasteiger partial charge >= 0.3 is 0 Å². The van der Waals surface area contributed by atoms with Crippen molar-refractivity contribution >= 4 is 33.4 Å². The van der Waals surface area contributed by atoms with Gasteiger partial charge in [-0.25, -0.2) is 0 Å². The van der Waals surface area contributed by atoms with Crippen molar-refractivity contribution in [1.82, 2.24) is 4.90 Å². The average Bonchev–Trinajstić information content (AvgIpc) is 3.01. The lowest BCUT2D eigenvalue weighted by molar-refractivity contribution is -0.118. The van der Waals surface area contributed by atoms with Crippen molar-refractivity contribution in [2.75, 3.05) is 25.0 Å². The minimum Gasteiger partial charge on any atom is -0.483 e. The fourth-order valence-electron chi connectivity index (χ4n) is 3.64. The molecule has 1 aliphatic rings. The predicted molar refractivity (Wildman–Crippen MR) is 128 cm³/mol. The van der Waals surface area contributed by atoms with E-state index in [0.29, 0.717) is 17.0 Å². The van der Waals surface area contributed by atoms with Crippen molar-refractivity contribution < 1.29 is 14.3 Å². The van der Waals surface area contributed by atoms with Crippen molar-refractivity contribution in [3.8, 4) is 5.75 Å². The van der Waals surface area contributed by atoms with Gasteiger partial charge in [0.05, 0.1) is 15.7 Å². The normalized spacial score (nSPS) is 14.6. The molecule has 1 saturated heterocycles. The summed E-state index contributed by atoms with van der Waals surface area (Å²) in [6, 6.07) is 13.1. The second kappa shape index (κ2) is 10.3. The van der Waals surface area contributed by atoms with Crippen LogP contribution in [0.1, 0.15) is 62.4 Å². The smallest absolute Gasteiger partial charge is 0.262 e. The van der Waals surface area contributed by atoms with Crippen LogP contribution in [-0.2, 0) is 10.2 Å². The highest BCUT2D eigenvalue weighted by Gasteiger charge is 2.21. The van der Waals surface area contributed by atoms with Crippen LogP contribution >= 0.6 is 15.9 Å². The molecule has 0 spiro atoms. The Balaban J connectivity index is 1.64. The number of likely N-dealkylation sites (tertiary alicyclic amines) is 1. The highest BCUT2D eigenvalue weighted by atomic mass is 79.9. The molecule has 1 heterocycles. The molecule has 1 N–H and O–H groups in total. The van der Waals surface area contributed by atoms with Crippen LogP contribution in [0, 0.1) is 0 Å². The summed E-state index contributed by atoms with van der Waals surface area (Å²) in [4.78, 5) is 27.5. The average molecular weight is 487 g/mol. The zero-order valence-electron chi connectivity index (χ0n) is 18.5. The summed E-state index contributed by atoms with van der Waals surface area (Å²) in [6.45, 7) is 7.83. The fraction of sp³-hybridized carbons (Fsp3) is 0.440. The molecule has 31 heavy (non-hydrogen) atoms. The number of hydrogen-bond donors (Lipinski definition) is 1. The van der Waals surface area contributed by atoms with E-state index in [1.807, 2.05) is 35.2 Å².